The van der Waals surface area contributed by atoms with Crippen LogP contribution in [0.4, 0.5) is 0 Å². The Kier molecular flexibility index (Phi) is 5.94. The fourth-order valence-electron chi connectivity index (χ4n) is 3.17. The Bertz CT molecular complexity index is 914. The van der Waals surface area contributed by atoms with Crippen molar-refractivity contribution in [1.29, 1.82) is 0 Å². The standard InChI is InChI=1S/C22H28N4O/c1-14-5-7-16(8-6-14)17-9-10-18-13-21(26-20(18)12-17)22(27)25-15(2)19(24)4-3-11-23/h5-10,12-13,15,19,26H,3-4,11,23-24H2,1-2H3,(H,25,27)/t15?,19-/m0/s1. The second kappa shape index (κ2) is 8.37. The van der Waals surface area contributed by atoms with Gasteiger partial charge in [-0.2, -0.15) is 0 Å². The van der Waals surface area contributed by atoms with Crippen molar-refractivity contribution in [3.63, 3.8) is 0 Å². The van der Waals surface area contributed by atoms with E-state index in [0.29, 0.717) is 12.2 Å². The summed E-state index contributed by atoms with van der Waals surface area (Å²) in [4.78, 5) is 15.8. The molecule has 0 aliphatic rings. The van der Waals surface area contributed by atoms with Gasteiger partial charge in [0.25, 0.3) is 5.91 Å². The second-order valence-electron chi connectivity index (χ2n) is 7.21. The zero-order valence-corrected chi connectivity index (χ0v) is 16.0. The average Bonchev–Trinajstić information content (AvgIpc) is 3.10. The molecule has 0 radical (unpaired) electrons. The van der Waals surface area contributed by atoms with Crippen LogP contribution in [0.1, 0.15) is 35.8 Å². The van der Waals surface area contributed by atoms with Crippen molar-refractivity contribution in [3.8, 4) is 11.1 Å². The highest BCUT2D eigenvalue weighted by molar-refractivity contribution is 5.99. The molecule has 1 amide bonds. The molecule has 2 atom stereocenters. The van der Waals surface area contributed by atoms with Gasteiger partial charge < -0.3 is 21.8 Å². The number of rotatable bonds is 7. The van der Waals surface area contributed by atoms with Gasteiger partial charge in [-0.3, -0.25) is 4.79 Å². The van der Waals surface area contributed by atoms with E-state index in [1.807, 2.05) is 19.1 Å². The van der Waals surface area contributed by atoms with E-state index < -0.39 is 0 Å². The molecule has 3 aromatic rings. The molecule has 1 aromatic heterocycles. The maximum atomic E-state index is 12.6. The Morgan fingerprint density at radius 3 is 2.52 bits per heavy atom. The van der Waals surface area contributed by atoms with Gasteiger partial charge in [0, 0.05) is 23.0 Å². The first-order chi connectivity index (χ1) is 13.0. The molecule has 27 heavy (non-hydrogen) atoms. The minimum absolute atomic E-state index is 0.102. The van der Waals surface area contributed by atoms with E-state index in [2.05, 4.69) is 53.6 Å². The number of nitrogens with two attached hydrogens (primary N) is 2. The fourth-order valence-corrected chi connectivity index (χ4v) is 3.17. The number of aromatic amines is 1. The van der Waals surface area contributed by atoms with Gasteiger partial charge in [-0.1, -0.05) is 42.0 Å². The second-order valence-corrected chi connectivity index (χ2v) is 7.21. The number of H-pyrrole nitrogens is 1. The Morgan fingerprint density at radius 1 is 1.11 bits per heavy atom. The van der Waals surface area contributed by atoms with Crippen molar-refractivity contribution < 1.29 is 4.79 Å². The molecular weight excluding hydrogens is 336 g/mol. The first kappa shape index (κ1) is 19.1. The fraction of sp³-hybridized carbons (Fsp3) is 0.318. The van der Waals surface area contributed by atoms with Crippen LogP contribution in [0.5, 0.6) is 0 Å². The summed E-state index contributed by atoms with van der Waals surface area (Å²) in [5.74, 6) is -0.140. The number of nitrogens with one attached hydrogen (secondary N) is 2. The predicted octanol–water partition coefficient (Wildman–Crippen LogP) is 3.33. The normalized spacial score (nSPS) is 13.5. The van der Waals surface area contributed by atoms with Gasteiger partial charge in [0.1, 0.15) is 5.69 Å². The van der Waals surface area contributed by atoms with Crippen LogP contribution >= 0.6 is 0 Å². The number of amides is 1. The molecule has 1 unspecified atom stereocenters. The number of aryl methyl sites for hydroxylation is 1. The summed E-state index contributed by atoms with van der Waals surface area (Å²) in [6, 6.07) is 16.3. The number of benzene rings is 2. The van der Waals surface area contributed by atoms with E-state index in [0.717, 1.165) is 34.9 Å². The number of fused-ring (bicyclic) bond motifs is 1. The number of hydrogen-bond donors (Lipinski definition) is 4. The Balaban J connectivity index is 1.76. The predicted molar refractivity (Wildman–Crippen MR) is 112 cm³/mol. The molecule has 0 spiro atoms. The summed E-state index contributed by atoms with van der Waals surface area (Å²) in [5.41, 5.74) is 16.6. The molecule has 0 aliphatic heterocycles. The van der Waals surface area contributed by atoms with E-state index in [9.17, 15) is 4.79 Å². The zero-order valence-electron chi connectivity index (χ0n) is 16.0. The number of carbonyl (C=O) groups is 1. The molecule has 5 heteroatoms. The van der Waals surface area contributed by atoms with Gasteiger partial charge >= 0.3 is 0 Å². The van der Waals surface area contributed by atoms with Crippen molar-refractivity contribution in [2.75, 3.05) is 6.54 Å². The largest absolute Gasteiger partial charge is 0.351 e. The molecule has 0 aliphatic carbocycles. The summed E-state index contributed by atoms with van der Waals surface area (Å²) in [6.45, 7) is 4.61. The van der Waals surface area contributed by atoms with Crippen LogP contribution in [0.15, 0.2) is 48.5 Å². The van der Waals surface area contributed by atoms with Crippen LogP contribution < -0.4 is 16.8 Å². The summed E-state index contributed by atoms with van der Waals surface area (Å²) in [7, 11) is 0. The SMILES string of the molecule is Cc1ccc(-c2ccc3cc(C(=O)NC(C)[C@@H](N)CCCN)[nH]c3c2)cc1. The molecule has 0 saturated carbocycles. The Morgan fingerprint density at radius 2 is 1.81 bits per heavy atom. The first-order valence-corrected chi connectivity index (χ1v) is 9.44. The lowest BCUT2D eigenvalue weighted by molar-refractivity contribution is 0.0929. The van der Waals surface area contributed by atoms with Crippen LogP contribution in [0.2, 0.25) is 0 Å². The molecule has 0 fully saturated rings. The van der Waals surface area contributed by atoms with Crippen molar-refractivity contribution in [2.45, 2.75) is 38.8 Å². The van der Waals surface area contributed by atoms with Gasteiger partial charge in [-0.05, 0) is 56.5 Å². The van der Waals surface area contributed by atoms with Gasteiger partial charge in [0.2, 0.25) is 0 Å². The molecule has 2 aromatic carbocycles. The summed E-state index contributed by atoms with van der Waals surface area (Å²) in [6.07, 6.45) is 1.65. The first-order valence-electron chi connectivity index (χ1n) is 9.44. The van der Waals surface area contributed by atoms with Crippen LogP contribution in [0.3, 0.4) is 0 Å². The van der Waals surface area contributed by atoms with E-state index in [1.165, 1.54) is 5.56 Å². The molecule has 5 nitrogen and oxygen atoms in total. The number of hydrogen-bond acceptors (Lipinski definition) is 3. The van der Waals surface area contributed by atoms with Gasteiger partial charge in [0.15, 0.2) is 0 Å². The van der Waals surface area contributed by atoms with Crippen molar-refractivity contribution in [2.24, 2.45) is 11.5 Å². The van der Waals surface area contributed by atoms with Crippen molar-refractivity contribution in [1.82, 2.24) is 10.3 Å². The monoisotopic (exact) mass is 364 g/mol. The summed E-state index contributed by atoms with van der Waals surface area (Å²) in [5, 5.41) is 3.99. The lowest BCUT2D eigenvalue weighted by Crippen LogP contribution is -2.45. The molecule has 142 valence electrons. The van der Waals surface area contributed by atoms with E-state index >= 15 is 0 Å². The molecule has 0 saturated heterocycles. The molecular formula is C22H28N4O. The minimum Gasteiger partial charge on any atom is -0.351 e. The number of aromatic nitrogens is 1. The third-order valence-electron chi connectivity index (χ3n) is 4.99. The highest BCUT2D eigenvalue weighted by atomic mass is 16.1. The lowest BCUT2D eigenvalue weighted by atomic mass is 10.0. The van der Waals surface area contributed by atoms with Gasteiger partial charge in [-0.15, -0.1) is 0 Å². The summed E-state index contributed by atoms with van der Waals surface area (Å²) < 4.78 is 0. The number of carbonyl (C=O) groups excluding carboxylic acids is 1. The Hall–Kier alpha value is -2.63. The van der Waals surface area contributed by atoms with Crippen LogP contribution in [0, 0.1) is 6.92 Å². The van der Waals surface area contributed by atoms with Crippen LogP contribution in [-0.4, -0.2) is 29.5 Å². The smallest absolute Gasteiger partial charge is 0.267 e. The maximum absolute atomic E-state index is 12.6. The minimum atomic E-state index is -0.140. The quantitative estimate of drug-likeness (QED) is 0.518. The van der Waals surface area contributed by atoms with E-state index in [1.54, 1.807) is 0 Å². The molecule has 1 heterocycles. The maximum Gasteiger partial charge on any atom is 0.267 e. The third-order valence-corrected chi connectivity index (χ3v) is 4.99. The van der Waals surface area contributed by atoms with Crippen molar-refractivity contribution in [3.05, 3.63) is 59.8 Å². The average molecular weight is 364 g/mol. The molecule has 0 bridgehead atoms. The lowest BCUT2D eigenvalue weighted by Gasteiger charge is -2.20. The van der Waals surface area contributed by atoms with Crippen LogP contribution in [-0.2, 0) is 0 Å². The van der Waals surface area contributed by atoms with Gasteiger partial charge in [-0.25, -0.2) is 0 Å². The zero-order chi connectivity index (χ0) is 19.4. The van der Waals surface area contributed by atoms with E-state index in [-0.39, 0.29) is 18.0 Å². The van der Waals surface area contributed by atoms with Crippen molar-refractivity contribution >= 4 is 16.8 Å². The third kappa shape index (κ3) is 4.56. The topological polar surface area (TPSA) is 96.9 Å². The summed E-state index contributed by atoms with van der Waals surface area (Å²) >= 11 is 0. The Labute approximate surface area is 160 Å². The molecule has 3 rings (SSSR count). The highest BCUT2D eigenvalue weighted by Crippen LogP contribution is 2.25. The highest BCUT2D eigenvalue weighted by Gasteiger charge is 2.17. The van der Waals surface area contributed by atoms with Gasteiger partial charge in [0.05, 0.1) is 0 Å². The van der Waals surface area contributed by atoms with Crippen LogP contribution in [0.25, 0.3) is 22.0 Å². The van der Waals surface area contributed by atoms with E-state index in [4.69, 9.17) is 11.5 Å². The molecule has 6 N–H and O–H groups in total.